The number of aromatic nitrogens is 1. The van der Waals surface area contributed by atoms with Gasteiger partial charge in [0.1, 0.15) is 12.0 Å². The van der Waals surface area contributed by atoms with Gasteiger partial charge in [-0.1, -0.05) is 0 Å². The Bertz CT molecular complexity index is 524. The van der Waals surface area contributed by atoms with Gasteiger partial charge >= 0.3 is 0 Å². The second-order valence-electron chi connectivity index (χ2n) is 6.16. The van der Waals surface area contributed by atoms with Gasteiger partial charge in [-0.15, -0.1) is 0 Å². The van der Waals surface area contributed by atoms with E-state index in [1.54, 1.807) is 6.92 Å². The highest BCUT2D eigenvalue weighted by Crippen LogP contribution is 2.33. The van der Waals surface area contributed by atoms with E-state index in [0.29, 0.717) is 17.5 Å². The molecule has 1 aliphatic carbocycles. The zero-order valence-corrected chi connectivity index (χ0v) is 12.4. The molecule has 0 aromatic carbocycles. The Labute approximate surface area is 124 Å². The van der Waals surface area contributed by atoms with Crippen LogP contribution in [0.1, 0.15) is 31.2 Å². The van der Waals surface area contributed by atoms with Crippen LogP contribution in [-0.4, -0.2) is 35.6 Å². The van der Waals surface area contributed by atoms with Crippen molar-refractivity contribution in [2.24, 2.45) is 5.92 Å². The minimum absolute atomic E-state index is 0.108. The van der Waals surface area contributed by atoms with Crippen LogP contribution in [-0.2, 0) is 0 Å². The van der Waals surface area contributed by atoms with Crippen LogP contribution in [0.25, 0.3) is 0 Å². The molecule has 3 rings (SSSR count). The topological polar surface area (TPSA) is 71.3 Å². The van der Waals surface area contributed by atoms with E-state index in [1.807, 2.05) is 6.07 Å². The highest BCUT2D eigenvalue weighted by Gasteiger charge is 2.32. The predicted molar refractivity (Wildman–Crippen MR) is 81.6 cm³/mol. The van der Waals surface area contributed by atoms with Crippen LogP contribution >= 0.6 is 0 Å². The molecule has 0 spiro atoms. The van der Waals surface area contributed by atoms with Crippen molar-refractivity contribution in [2.75, 3.05) is 24.5 Å². The molecule has 1 aromatic heterocycles. The third-order valence-electron chi connectivity index (χ3n) is 4.46. The summed E-state index contributed by atoms with van der Waals surface area (Å²) < 4.78 is 0. The molecule has 0 amide bonds. The third kappa shape index (κ3) is 3.32. The molecular formula is C15H22N4O2. The molecule has 1 saturated heterocycles. The Balaban J connectivity index is 1.77. The Morgan fingerprint density at radius 1 is 1.38 bits per heavy atom. The van der Waals surface area contributed by atoms with E-state index in [4.69, 9.17) is 0 Å². The summed E-state index contributed by atoms with van der Waals surface area (Å²) in [4.78, 5) is 17.3. The van der Waals surface area contributed by atoms with Gasteiger partial charge < -0.3 is 10.2 Å². The molecule has 6 nitrogen and oxygen atoms in total. The minimum Gasteiger partial charge on any atom is -0.353 e. The summed E-state index contributed by atoms with van der Waals surface area (Å²) in [6.07, 6.45) is 6.23. The summed E-state index contributed by atoms with van der Waals surface area (Å²) in [5.41, 5.74) is 0.803. The summed E-state index contributed by atoms with van der Waals surface area (Å²) in [7, 11) is 0. The van der Waals surface area contributed by atoms with Crippen LogP contribution in [0.5, 0.6) is 0 Å². The number of nitrogens with zero attached hydrogens (tertiary/aromatic N) is 3. The van der Waals surface area contributed by atoms with Crippen LogP contribution in [0.15, 0.2) is 12.3 Å². The maximum Gasteiger partial charge on any atom is 0.290 e. The molecule has 0 radical (unpaired) electrons. The van der Waals surface area contributed by atoms with E-state index in [0.717, 1.165) is 25.5 Å². The lowest BCUT2D eigenvalue weighted by molar-refractivity contribution is -0.385. The molecular weight excluding hydrogens is 268 g/mol. The second kappa shape index (κ2) is 5.97. The molecule has 1 aromatic rings. The standard InChI is InChI=1S/C15H22N4O2/c1-11-8-15(17-9-14(11)19(20)21)18(13-2-3-13)10-12-4-6-16-7-5-12/h8-9,12-13,16H,2-7,10H2,1H3. The van der Waals surface area contributed by atoms with E-state index in [-0.39, 0.29) is 10.6 Å². The molecule has 0 atom stereocenters. The van der Waals surface area contributed by atoms with Gasteiger partial charge in [0.25, 0.3) is 5.69 Å². The van der Waals surface area contributed by atoms with Crippen molar-refractivity contribution in [2.45, 2.75) is 38.6 Å². The van der Waals surface area contributed by atoms with E-state index in [1.165, 1.54) is 31.9 Å². The highest BCUT2D eigenvalue weighted by atomic mass is 16.6. The van der Waals surface area contributed by atoms with Crippen LogP contribution in [0.2, 0.25) is 0 Å². The maximum atomic E-state index is 10.9. The lowest BCUT2D eigenvalue weighted by atomic mass is 9.97. The van der Waals surface area contributed by atoms with Crippen molar-refractivity contribution in [1.82, 2.24) is 10.3 Å². The molecule has 1 saturated carbocycles. The molecule has 114 valence electrons. The van der Waals surface area contributed by atoms with Crippen molar-refractivity contribution in [1.29, 1.82) is 0 Å². The number of aryl methyl sites for hydroxylation is 1. The molecule has 0 unspecified atom stereocenters. The predicted octanol–water partition coefficient (Wildman–Crippen LogP) is 2.27. The lowest BCUT2D eigenvalue weighted by Gasteiger charge is -2.31. The molecule has 2 aliphatic rings. The number of nitrogens with one attached hydrogen (secondary N) is 1. The van der Waals surface area contributed by atoms with Gasteiger partial charge in [0.2, 0.25) is 0 Å². The van der Waals surface area contributed by atoms with Gasteiger partial charge in [-0.25, -0.2) is 4.98 Å². The number of pyridine rings is 1. The fourth-order valence-corrected chi connectivity index (χ4v) is 3.04. The summed E-state index contributed by atoms with van der Waals surface area (Å²) >= 11 is 0. The summed E-state index contributed by atoms with van der Waals surface area (Å²) in [5.74, 6) is 1.60. The minimum atomic E-state index is -0.361. The molecule has 1 N–H and O–H groups in total. The molecule has 2 fully saturated rings. The Morgan fingerprint density at radius 2 is 2.10 bits per heavy atom. The first kappa shape index (κ1) is 14.3. The molecule has 2 heterocycles. The number of anilines is 1. The number of hydrogen-bond donors (Lipinski definition) is 1. The van der Waals surface area contributed by atoms with E-state index in [9.17, 15) is 10.1 Å². The van der Waals surface area contributed by atoms with Crippen LogP contribution in [0.3, 0.4) is 0 Å². The molecule has 6 heteroatoms. The van der Waals surface area contributed by atoms with Crippen molar-refractivity contribution in [3.8, 4) is 0 Å². The largest absolute Gasteiger partial charge is 0.353 e. The van der Waals surface area contributed by atoms with E-state index < -0.39 is 0 Å². The fraction of sp³-hybridized carbons (Fsp3) is 0.667. The Kier molecular flexibility index (Phi) is 4.05. The van der Waals surface area contributed by atoms with Crippen molar-refractivity contribution < 1.29 is 4.92 Å². The maximum absolute atomic E-state index is 10.9. The SMILES string of the molecule is Cc1cc(N(CC2CCNCC2)C2CC2)ncc1[N+](=O)[O-]. The first-order valence-corrected chi connectivity index (χ1v) is 7.73. The molecule has 1 aliphatic heterocycles. The van der Waals surface area contributed by atoms with Gasteiger partial charge in [-0.2, -0.15) is 0 Å². The van der Waals surface area contributed by atoms with Gasteiger partial charge in [-0.05, 0) is 57.7 Å². The number of piperidine rings is 1. The van der Waals surface area contributed by atoms with E-state index >= 15 is 0 Å². The highest BCUT2D eigenvalue weighted by molar-refractivity contribution is 5.50. The fourth-order valence-electron chi connectivity index (χ4n) is 3.04. The van der Waals surface area contributed by atoms with Gasteiger partial charge in [-0.3, -0.25) is 10.1 Å². The normalized spacial score (nSPS) is 19.5. The quantitative estimate of drug-likeness (QED) is 0.665. The summed E-state index contributed by atoms with van der Waals surface area (Å²) in [6, 6.07) is 2.45. The second-order valence-corrected chi connectivity index (χ2v) is 6.16. The van der Waals surface area contributed by atoms with Crippen LogP contribution < -0.4 is 10.2 Å². The van der Waals surface area contributed by atoms with Crippen LogP contribution in [0.4, 0.5) is 11.5 Å². The lowest BCUT2D eigenvalue weighted by Crippen LogP contribution is -2.37. The average Bonchev–Trinajstić information content (AvgIpc) is 3.30. The monoisotopic (exact) mass is 290 g/mol. The summed E-state index contributed by atoms with van der Waals surface area (Å²) in [5, 5.41) is 14.3. The van der Waals surface area contributed by atoms with Crippen molar-refractivity contribution in [3.63, 3.8) is 0 Å². The first-order valence-electron chi connectivity index (χ1n) is 7.73. The van der Waals surface area contributed by atoms with E-state index in [2.05, 4.69) is 15.2 Å². The van der Waals surface area contributed by atoms with Crippen molar-refractivity contribution >= 4 is 11.5 Å². The van der Waals surface area contributed by atoms with Crippen LogP contribution in [0, 0.1) is 23.0 Å². The number of hydrogen-bond acceptors (Lipinski definition) is 5. The Hall–Kier alpha value is -1.69. The Morgan fingerprint density at radius 3 is 2.67 bits per heavy atom. The summed E-state index contributed by atoms with van der Waals surface area (Å²) in [6.45, 7) is 5.00. The molecule has 0 bridgehead atoms. The number of nitro groups is 1. The third-order valence-corrected chi connectivity index (χ3v) is 4.46. The number of rotatable bonds is 5. The van der Waals surface area contributed by atoms with Crippen molar-refractivity contribution in [3.05, 3.63) is 27.9 Å². The van der Waals surface area contributed by atoms with Gasteiger partial charge in [0.05, 0.1) is 4.92 Å². The van der Waals surface area contributed by atoms with Gasteiger partial charge in [0, 0.05) is 18.2 Å². The average molecular weight is 290 g/mol. The zero-order valence-electron chi connectivity index (χ0n) is 12.4. The van der Waals surface area contributed by atoms with Gasteiger partial charge in [0.15, 0.2) is 0 Å². The molecule has 21 heavy (non-hydrogen) atoms. The zero-order chi connectivity index (χ0) is 14.8. The first-order chi connectivity index (χ1) is 10.1. The smallest absolute Gasteiger partial charge is 0.290 e.